The SMILES string of the molecule is Cc1c(-c2ccnc(-c3cnc(N4CCCOCC4)nc3)c2)[nH]c(N2CCNCC2)c1C(=O)O. The van der Waals surface area contributed by atoms with Crippen LogP contribution in [0.15, 0.2) is 30.7 Å². The van der Waals surface area contributed by atoms with E-state index >= 15 is 0 Å². The van der Waals surface area contributed by atoms with Crippen molar-refractivity contribution >= 4 is 17.7 Å². The van der Waals surface area contributed by atoms with Gasteiger partial charge < -0.3 is 29.9 Å². The molecular formula is C24H29N7O3. The molecule has 0 spiro atoms. The molecule has 2 fully saturated rings. The summed E-state index contributed by atoms with van der Waals surface area (Å²) in [5, 5.41) is 13.2. The lowest BCUT2D eigenvalue weighted by atomic mass is 10.0. The number of ether oxygens (including phenoxy) is 1. The largest absolute Gasteiger partial charge is 0.478 e. The van der Waals surface area contributed by atoms with E-state index in [2.05, 4.69) is 35.1 Å². The second kappa shape index (κ2) is 9.78. The maximum Gasteiger partial charge on any atom is 0.339 e. The van der Waals surface area contributed by atoms with Crippen LogP contribution in [0.5, 0.6) is 0 Å². The predicted molar refractivity (Wildman–Crippen MR) is 129 cm³/mol. The zero-order valence-electron chi connectivity index (χ0n) is 19.3. The molecule has 0 aromatic carbocycles. The van der Waals surface area contributed by atoms with E-state index in [1.54, 1.807) is 18.6 Å². The summed E-state index contributed by atoms with van der Waals surface area (Å²) in [5.41, 5.74) is 4.24. The first kappa shape index (κ1) is 22.3. The number of carboxylic acids is 1. The van der Waals surface area contributed by atoms with Crippen LogP contribution in [0.2, 0.25) is 0 Å². The Labute approximate surface area is 198 Å². The van der Waals surface area contributed by atoms with Gasteiger partial charge in [-0.05, 0) is 31.0 Å². The molecular weight excluding hydrogens is 434 g/mol. The van der Waals surface area contributed by atoms with E-state index in [0.717, 1.165) is 74.8 Å². The average Bonchev–Trinajstić information content (AvgIpc) is 3.03. The minimum Gasteiger partial charge on any atom is -0.478 e. The van der Waals surface area contributed by atoms with Gasteiger partial charge in [0.05, 0.1) is 18.0 Å². The molecule has 0 unspecified atom stereocenters. The van der Waals surface area contributed by atoms with Gasteiger partial charge in [0.25, 0.3) is 0 Å². The molecule has 0 bridgehead atoms. The lowest BCUT2D eigenvalue weighted by Gasteiger charge is -2.28. The molecule has 0 aliphatic carbocycles. The summed E-state index contributed by atoms with van der Waals surface area (Å²) in [5.74, 6) is 0.428. The fourth-order valence-corrected chi connectivity index (χ4v) is 4.56. The number of nitrogens with one attached hydrogen (secondary N) is 2. The Bertz CT molecular complexity index is 1150. The van der Waals surface area contributed by atoms with E-state index in [4.69, 9.17) is 4.74 Å². The summed E-state index contributed by atoms with van der Waals surface area (Å²) < 4.78 is 5.51. The third-order valence-corrected chi connectivity index (χ3v) is 6.36. The number of carbonyl (C=O) groups is 1. The van der Waals surface area contributed by atoms with Gasteiger partial charge in [-0.1, -0.05) is 0 Å². The van der Waals surface area contributed by atoms with Gasteiger partial charge >= 0.3 is 5.97 Å². The van der Waals surface area contributed by atoms with Crippen LogP contribution in [0, 0.1) is 6.92 Å². The van der Waals surface area contributed by atoms with Crippen molar-refractivity contribution in [3.63, 3.8) is 0 Å². The quantitative estimate of drug-likeness (QED) is 0.523. The summed E-state index contributed by atoms with van der Waals surface area (Å²) in [6.07, 6.45) is 6.27. The summed E-state index contributed by atoms with van der Waals surface area (Å²) in [7, 11) is 0. The predicted octanol–water partition coefficient (Wildman–Crippen LogP) is 2.18. The molecule has 0 amide bonds. The van der Waals surface area contributed by atoms with Crippen molar-refractivity contribution in [3.8, 4) is 22.5 Å². The molecule has 5 rings (SSSR count). The number of piperazine rings is 1. The number of nitrogens with zero attached hydrogens (tertiary/aromatic N) is 5. The lowest BCUT2D eigenvalue weighted by Crippen LogP contribution is -2.44. The highest BCUT2D eigenvalue weighted by molar-refractivity contribution is 5.98. The minimum atomic E-state index is -0.925. The van der Waals surface area contributed by atoms with Crippen LogP contribution in [0.25, 0.3) is 22.5 Å². The molecule has 2 saturated heterocycles. The molecule has 0 atom stereocenters. The van der Waals surface area contributed by atoms with Gasteiger partial charge in [-0.2, -0.15) is 0 Å². The Hall–Kier alpha value is -3.50. The van der Waals surface area contributed by atoms with Crippen LogP contribution >= 0.6 is 0 Å². The van der Waals surface area contributed by atoms with Crippen LogP contribution in [-0.2, 0) is 4.74 Å². The van der Waals surface area contributed by atoms with Crippen molar-refractivity contribution in [3.05, 3.63) is 41.9 Å². The fraction of sp³-hybridized carbons (Fsp3) is 0.417. The topological polar surface area (TPSA) is 120 Å². The molecule has 3 aromatic heterocycles. The fourth-order valence-electron chi connectivity index (χ4n) is 4.56. The zero-order chi connectivity index (χ0) is 23.5. The maximum atomic E-state index is 12.1. The number of hydrogen-bond acceptors (Lipinski definition) is 8. The Morgan fingerprint density at radius 3 is 2.59 bits per heavy atom. The van der Waals surface area contributed by atoms with Crippen LogP contribution in [0.1, 0.15) is 22.3 Å². The molecule has 3 N–H and O–H groups in total. The van der Waals surface area contributed by atoms with Gasteiger partial charge in [0.2, 0.25) is 5.95 Å². The molecule has 10 nitrogen and oxygen atoms in total. The normalized spacial score (nSPS) is 17.0. The van der Waals surface area contributed by atoms with E-state index in [1.165, 1.54) is 0 Å². The molecule has 178 valence electrons. The molecule has 3 aromatic rings. The zero-order valence-corrected chi connectivity index (χ0v) is 19.3. The first-order valence-corrected chi connectivity index (χ1v) is 11.6. The number of aromatic nitrogens is 4. The van der Waals surface area contributed by atoms with Crippen molar-refractivity contribution < 1.29 is 14.6 Å². The third kappa shape index (κ3) is 4.46. The van der Waals surface area contributed by atoms with E-state index in [1.807, 2.05) is 19.1 Å². The van der Waals surface area contributed by atoms with Crippen molar-refractivity contribution in [1.29, 1.82) is 0 Å². The van der Waals surface area contributed by atoms with Gasteiger partial charge in [-0.25, -0.2) is 14.8 Å². The average molecular weight is 464 g/mol. The molecule has 2 aliphatic heterocycles. The number of anilines is 2. The highest BCUT2D eigenvalue weighted by Gasteiger charge is 2.25. The van der Waals surface area contributed by atoms with E-state index in [0.29, 0.717) is 29.5 Å². The standard InChI is InChI=1S/C24H29N7O3/c1-16-20(23(32)33)22(30-8-5-25-6-9-30)29-21(16)17-3-4-26-19(13-17)18-14-27-24(28-15-18)31-7-2-11-34-12-10-31/h3-4,13-15,25,29H,2,5-12H2,1H3,(H,32,33). The number of aromatic amines is 1. The summed E-state index contributed by atoms with van der Waals surface area (Å²) in [4.78, 5) is 33.4. The number of aromatic carboxylic acids is 1. The lowest BCUT2D eigenvalue weighted by molar-refractivity contribution is 0.0697. The van der Waals surface area contributed by atoms with Crippen molar-refractivity contribution in [2.75, 3.05) is 62.3 Å². The number of hydrogen-bond donors (Lipinski definition) is 3. The van der Waals surface area contributed by atoms with E-state index < -0.39 is 5.97 Å². The second-order valence-electron chi connectivity index (χ2n) is 8.55. The third-order valence-electron chi connectivity index (χ3n) is 6.36. The first-order valence-electron chi connectivity index (χ1n) is 11.6. The van der Waals surface area contributed by atoms with Gasteiger partial charge in [-0.3, -0.25) is 4.98 Å². The molecule has 0 saturated carbocycles. The molecule has 2 aliphatic rings. The van der Waals surface area contributed by atoms with Crippen molar-refractivity contribution in [2.45, 2.75) is 13.3 Å². The highest BCUT2D eigenvalue weighted by Crippen LogP contribution is 2.34. The Kier molecular flexibility index (Phi) is 6.41. The van der Waals surface area contributed by atoms with Crippen LogP contribution in [0.3, 0.4) is 0 Å². The van der Waals surface area contributed by atoms with Gasteiger partial charge in [0.15, 0.2) is 0 Å². The molecule has 0 radical (unpaired) electrons. The number of carboxylic acid groups (broad SMARTS) is 1. The number of H-pyrrole nitrogens is 1. The molecule has 5 heterocycles. The Balaban J connectivity index is 1.44. The van der Waals surface area contributed by atoms with Crippen molar-refractivity contribution in [2.24, 2.45) is 0 Å². The van der Waals surface area contributed by atoms with Crippen LogP contribution < -0.4 is 15.1 Å². The smallest absolute Gasteiger partial charge is 0.339 e. The minimum absolute atomic E-state index is 0.323. The summed E-state index contributed by atoms with van der Waals surface area (Å²) in [6.45, 7) is 8.12. The second-order valence-corrected chi connectivity index (χ2v) is 8.55. The van der Waals surface area contributed by atoms with E-state index in [-0.39, 0.29) is 0 Å². The first-order chi connectivity index (χ1) is 16.6. The Morgan fingerprint density at radius 2 is 1.82 bits per heavy atom. The highest BCUT2D eigenvalue weighted by atomic mass is 16.5. The number of rotatable bonds is 5. The molecule has 10 heteroatoms. The van der Waals surface area contributed by atoms with E-state index in [9.17, 15) is 9.90 Å². The monoisotopic (exact) mass is 463 g/mol. The van der Waals surface area contributed by atoms with Crippen LogP contribution in [-0.4, -0.2) is 83.5 Å². The molecule has 34 heavy (non-hydrogen) atoms. The van der Waals surface area contributed by atoms with Crippen LogP contribution in [0.4, 0.5) is 11.8 Å². The van der Waals surface area contributed by atoms with Crippen molar-refractivity contribution in [1.82, 2.24) is 25.3 Å². The Morgan fingerprint density at radius 1 is 1.03 bits per heavy atom. The summed E-state index contributed by atoms with van der Waals surface area (Å²) in [6, 6.07) is 3.84. The van der Waals surface area contributed by atoms with Gasteiger partial charge in [-0.15, -0.1) is 0 Å². The maximum absolute atomic E-state index is 12.1. The summed E-state index contributed by atoms with van der Waals surface area (Å²) >= 11 is 0. The number of pyridine rings is 1. The van der Waals surface area contributed by atoms with Gasteiger partial charge in [0.1, 0.15) is 11.4 Å². The van der Waals surface area contributed by atoms with Gasteiger partial charge in [0, 0.05) is 75.6 Å².